The molecule has 1 amide bonds. The molecule has 2 atom stereocenters. The number of thiophene rings is 1. The van der Waals surface area contributed by atoms with E-state index in [9.17, 15) is 4.79 Å². The van der Waals surface area contributed by atoms with Gasteiger partial charge in [0.15, 0.2) is 0 Å². The fraction of sp³-hybridized carbons (Fsp3) is 0.706. The van der Waals surface area contributed by atoms with Crippen LogP contribution in [0.3, 0.4) is 0 Å². The van der Waals surface area contributed by atoms with Crippen LogP contribution in [0.1, 0.15) is 44.6 Å². The summed E-state index contributed by atoms with van der Waals surface area (Å²) < 4.78 is 0. The molecular formula is C17H26N2OS. The molecule has 0 aliphatic carbocycles. The first-order chi connectivity index (χ1) is 10.3. The van der Waals surface area contributed by atoms with Gasteiger partial charge in [0.2, 0.25) is 5.91 Å². The Hall–Kier alpha value is -0.870. The number of carbonyl (C=O) groups excluding carboxylic acids is 1. The Morgan fingerprint density at radius 1 is 1.29 bits per heavy atom. The number of likely N-dealkylation sites (tertiary alicyclic amines) is 2. The largest absolute Gasteiger partial charge is 0.338 e. The normalized spacial score (nSPS) is 26.6. The van der Waals surface area contributed by atoms with E-state index in [0.29, 0.717) is 24.4 Å². The van der Waals surface area contributed by atoms with Crippen LogP contribution in [0.2, 0.25) is 0 Å². The molecule has 2 aliphatic heterocycles. The average Bonchev–Trinajstić information content (AvgIpc) is 3.23. The van der Waals surface area contributed by atoms with Gasteiger partial charge in [-0.3, -0.25) is 9.69 Å². The van der Waals surface area contributed by atoms with Gasteiger partial charge in [-0.2, -0.15) is 11.3 Å². The van der Waals surface area contributed by atoms with Crippen LogP contribution in [0.15, 0.2) is 16.8 Å². The van der Waals surface area contributed by atoms with Gasteiger partial charge in [-0.25, -0.2) is 0 Å². The van der Waals surface area contributed by atoms with E-state index in [1.54, 1.807) is 11.3 Å². The van der Waals surface area contributed by atoms with Crippen LogP contribution in [-0.2, 0) is 11.2 Å². The van der Waals surface area contributed by atoms with Gasteiger partial charge in [-0.15, -0.1) is 0 Å². The number of likely N-dealkylation sites (N-methyl/N-ethyl adjacent to an activating group) is 1. The number of rotatable bonds is 5. The number of carbonyl (C=O) groups is 1. The van der Waals surface area contributed by atoms with Crippen molar-refractivity contribution in [3.05, 3.63) is 22.4 Å². The molecular weight excluding hydrogens is 280 g/mol. The highest BCUT2D eigenvalue weighted by atomic mass is 32.1. The van der Waals surface area contributed by atoms with E-state index in [4.69, 9.17) is 0 Å². The molecule has 4 heteroatoms. The van der Waals surface area contributed by atoms with E-state index >= 15 is 0 Å². The van der Waals surface area contributed by atoms with Crippen molar-refractivity contribution in [3.63, 3.8) is 0 Å². The molecule has 0 aromatic carbocycles. The quantitative estimate of drug-likeness (QED) is 0.834. The minimum absolute atomic E-state index is 0.367. The summed E-state index contributed by atoms with van der Waals surface area (Å²) in [6, 6.07) is 3.22. The molecule has 1 aromatic heterocycles. The molecule has 0 radical (unpaired) electrons. The molecule has 3 nitrogen and oxygen atoms in total. The molecule has 0 saturated carbocycles. The number of amides is 1. The summed E-state index contributed by atoms with van der Waals surface area (Å²) in [5.41, 5.74) is 1.31. The van der Waals surface area contributed by atoms with Crippen LogP contribution in [0.4, 0.5) is 0 Å². The summed E-state index contributed by atoms with van der Waals surface area (Å²) in [5, 5.41) is 4.25. The van der Waals surface area contributed by atoms with Gasteiger partial charge in [-0.1, -0.05) is 6.92 Å². The van der Waals surface area contributed by atoms with Crippen LogP contribution >= 0.6 is 11.3 Å². The Morgan fingerprint density at radius 2 is 2.10 bits per heavy atom. The molecule has 2 saturated heterocycles. The van der Waals surface area contributed by atoms with Crippen molar-refractivity contribution in [1.29, 1.82) is 0 Å². The standard InChI is InChI=1S/C17H26N2OS/c1-2-18-10-3-5-15(18)16-6-4-11-19(16)17(20)8-7-14-9-12-21-13-14/h9,12-13,15-16H,2-8,10-11H2,1H3. The lowest BCUT2D eigenvalue weighted by molar-refractivity contribution is -0.133. The van der Waals surface area contributed by atoms with Crippen LogP contribution in [-0.4, -0.2) is 47.4 Å². The van der Waals surface area contributed by atoms with Crippen LogP contribution in [0.25, 0.3) is 0 Å². The second kappa shape index (κ2) is 6.93. The van der Waals surface area contributed by atoms with Gasteiger partial charge in [0.05, 0.1) is 0 Å². The summed E-state index contributed by atoms with van der Waals surface area (Å²) in [5.74, 6) is 0.367. The second-order valence-electron chi connectivity index (χ2n) is 6.27. The maximum atomic E-state index is 12.6. The van der Waals surface area contributed by atoms with E-state index in [1.807, 2.05) is 0 Å². The molecule has 21 heavy (non-hydrogen) atoms. The molecule has 3 heterocycles. The van der Waals surface area contributed by atoms with E-state index in [-0.39, 0.29) is 0 Å². The summed E-state index contributed by atoms with van der Waals surface area (Å²) in [4.78, 5) is 17.4. The number of hydrogen-bond donors (Lipinski definition) is 0. The lowest BCUT2D eigenvalue weighted by Gasteiger charge is -2.34. The maximum absolute atomic E-state index is 12.6. The molecule has 1 aromatic rings. The van der Waals surface area contributed by atoms with E-state index in [2.05, 4.69) is 33.6 Å². The van der Waals surface area contributed by atoms with Crippen molar-refractivity contribution in [2.24, 2.45) is 0 Å². The van der Waals surface area contributed by atoms with Gasteiger partial charge < -0.3 is 4.90 Å². The topological polar surface area (TPSA) is 23.6 Å². The van der Waals surface area contributed by atoms with Crippen LogP contribution in [0, 0.1) is 0 Å². The maximum Gasteiger partial charge on any atom is 0.223 e. The first-order valence-electron chi connectivity index (χ1n) is 8.34. The fourth-order valence-electron chi connectivity index (χ4n) is 4.01. The van der Waals surface area contributed by atoms with Crippen LogP contribution < -0.4 is 0 Å². The minimum atomic E-state index is 0.367. The predicted octanol–water partition coefficient (Wildman–Crippen LogP) is 3.16. The molecule has 116 valence electrons. The highest BCUT2D eigenvalue weighted by molar-refractivity contribution is 7.07. The van der Waals surface area contributed by atoms with Crippen molar-refractivity contribution in [3.8, 4) is 0 Å². The molecule has 3 rings (SSSR count). The number of aryl methyl sites for hydroxylation is 1. The Labute approximate surface area is 131 Å². The summed E-state index contributed by atoms with van der Waals surface area (Å²) in [7, 11) is 0. The Balaban J connectivity index is 1.59. The zero-order chi connectivity index (χ0) is 14.7. The molecule has 2 fully saturated rings. The third-order valence-electron chi connectivity index (χ3n) is 5.09. The van der Waals surface area contributed by atoms with Crippen molar-refractivity contribution >= 4 is 17.2 Å². The lowest BCUT2D eigenvalue weighted by atomic mass is 10.0. The van der Waals surface area contributed by atoms with Gasteiger partial charge >= 0.3 is 0 Å². The molecule has 0 bridgehead atoms. The van der Waals surface area contributed by atoms with Crippen molar-refractivity contribution in [2.75, 3.05) is 19.6 Å². The van der Waals surface area contributed by atoms with Crippen LogP contribution in [0.5, 0.6) is 0 Å². The molecule has 0 spiro atoms. The molecule has 2 aliphatic rings. The van der Waals surface area contributed by atoms with Crippen molar-refractivity contribution in [2.45, 2.75) is 57.5 Å². The molecule has 2 unspecified atom stereocenters. The monoisotopic (exact) mass is 306 g/mol. The van der Waals surface area contributed by atoms with Gasteiger partial charge in [-0.05, 0) is 67.6 Å². The second-order valence-corrected chi connectivity index (χ2v) is 7.05. The average molecular weight is 306 g/mol. The Morgan fingerprint density at radius 3 is 2.86 bits per heavy atom. The highest BCUT2D eigenvalue weighted by Gasteiger charge is 2.38. The predicted molar refractivity (Wildman–Crippen MR) is 87.6 cm³/mol. The molecule has 0 N–H and O–H groups in total. The Bertz CT molecular complexity index is 459. The minimum Gasteiger partial charge on any atom is -0.338 e. The smallest absolute Gasteiger partial charge is 0.223 e. The Kier molecular flexibility index (Phi) is 4.96. The number of hydrogen-bond acceptors (Lipinski definition) is 3. The van der Waals surface area contributed by atoms with E-state index in [1.165, 1.54) is 37.8 Å². The number of nitrogens with zero attached hydrogens (tertiary/aromatic N) is 2. The summed E-state index contributed by atoms with van der Waals surface area (Å²) >= 11 is 1.72. The third kappa shape index (κ3) is 3.32. The van der Waals surface area contributed by atoms with Crippen molar-refractivity contribution < 1.29 is 4.79 Å². The summed E-state index contributed by atoms with van der Waals surface area (Å²) in [6.07, 6.45) is 6.52. The van der Waals surface area contributed by atoms with Gasteiger partial charge in [0, 0.05) is 25.0 Å². The fourth-order valence-corrected chi connectivity index (χ4v) is 4.72. The van der Waals surface area contributed by atoms with E-state index in [0.717, 1.165) is 19.5 Å². The first kappa shape index (κ1) is 15.0. The highest BCUT2D eigenvalue weighted by Crippen LogP contribution is 2.30. The van der Waals surface area contributed by atoms with Crippen molar-refractivity contribution in [1.82, 2.24) is 9.80 Å². The zero-order valence-electron chi connectivity index (χ0n) is 13.0. The van der Waals surface area contributed by atoms with E-state index < -0.39 is 0 Å². The first-order valence-corrected chi connectivity index (χ1v) is 9.28. The third-order valence-corrected chi connectivity index (χ3v) is 5.82. The van der Waals surface area contributed by atoms with Gasteiger partial charge in [0.1, 0.15) is 0 Å². The lowest BCUT2D eigenvalue weighted by Crippen LogP contribution is -2.48. The van der Waals surface area contributed by atoms with Gasteiger partial charge in [0.25, 0.3) is 0 Å². The zero-order valence-corrected chi connectivity index (χ0v) is 13.8. The summed E-state index contributed by atoms with van der Waals surface area (Å²) in [6.45, 7) is 5.56. The SMILES string of the molecule is CCN1CCCC1C1CCCN1C(=O)CCc1ccsc1.